The Labute approximate surface area is 122 Å². The number of ether oxygens (including phenoxy) is 2. The van der Waals surface area contributed by atoms with Gasteiger partial charge in [-0.2, -0.15) is 0 Å². The van der Waals surface area contributed by atoms with Crippen LogP contribution in [0.5, 0.6) is 0 Å². The van der Waals surface area contributed by atoms with Gasteiger partial charge in [0.2, 0.25) is 0 Å². The van der Waals surface area contributed by atoms with E-state index in [-0.39, 0.29) is 12.2 Å². The summed E-state index contributed by atoms with van der Waals surface area (Å²) in [5, 5.41) is 0.598. The number of hydrogen-bond donors (Lipinski definition) is 0. The van der Waals surface area contributed by atoms with Crippen LogP contribution < -0.4 is 0 Å². The van der Waals surface area contributed by atoms with Crippen molar-refractivity contribution in [3.05, 3.63) is 40.9 Å². The number of halogens is 1. The summed E-state index contributed by atoms with van der Waals surface area (Å²) in [7, 11) is 1.26. The van der Waals surface area contributed by atoms with E-state index >= 15 is 0 Å². The second-order valence-corrected chi connectivity index (χ2v) is 4.84. The number of ketones is 1. The van der Waals surface area contributed by atoms with Crippen molar-refractivity contribution in [2.75, 3.05) is 13.7 Å². The smallest absolute Gasteiger partial charge is 0.319 e. The minimum absolute atomic E-state index is 0.156. The Morgan fingerprint density at radius 1 is 1.45 bits per heavy atom. The molecule has 1 aliphatic heterocycles. The number of benzene rings is 1. The van der Waals surface area contributed by atoms with Gasteiger partial charge in [0.1, 0.15) is 5.92 Å². The highest BCUT2D eigenvalue weighted by Crippen LogP contribution is 2.23. The fourth-order valence-corrected chi connectivity index (χ4v) is 2.30. The molecule has 5 heteroatoms. The maximum atomic E-state index is 11.8. The van der Waals surface area contributed by atoms with Crippen molar-refractivity contribution in [1.82, 2.24) is 0 Å². The molecule has 0 unspecified atom stereocenters. The molecule has 0 bridgehead atoms. The summed E-state index contributed by atoms with van der Waals surface area (Å²) >= 11 is 6.05. The molecule has 0 N–H and O–H groups in total. The largest absolute Gasteiger partial charge is 0.468 e. The Morgan fingerprint density at radius 2 is 2.20 bits per heavy atom. The molecule has 0 spiro atoms. The molecular formula is C15H15ClO4. The van der Waals surface area contributed by atoms with E-state index in [1.54, 1.807) is 18.2 Å². The van der Waals surface area contributed by atoms with Crippen LogP contribution in [0.15, 0.2) is 30.3 Å². The van der Waals surface area contributed by atoms with E-state index in [0.29, 0.717) is 11.6 Å². The second kappa shape index (κ2) is 6.68. The van der Waals surface area contributed by atoms with Gasteiger partial charge in [0.05, 0.1) is 19.8 Å². The number of carbonyl (C=O) groups is 2. The third-order valence-corrected chi connectivity index (χ3v) is 3.50. The molecule has 106 valence electrons. The van der Waals surface area contributed by atoms with Gasteiger partial charge in [-0.15, -0.1) is 0 Å². The minimum Gasteiger partial charge on any atom is -0.468 e. The van der Waals surface area contributed by atoms with E-state index in [1.807, 2.05) is 18.2 Å². The van der Waals surface area contributed by atoms with Gasteiger partial charge in [-0.25, -0.2) is 0 Å². The third kappa shape index (κ3) is 3.26. The zero-order valence-electron chi connectivity index (χ0n) is 11.0. The average Bonchev–Trinajstić information content (AvgIpc) is 2.46. The first kappa shape index (κ1) is 14.8. The van der Waals surface area contributed by atoms with Crippen molar-refractivity contribution < 1.29 is 19.1 Å². The monoisotopic (exact) mass is 294 g/mol. The molecule has 4 nitrogen and oxygen atoms in total. The van der Waals surface area contributed by atoms with Crippen LogP contribution in [-0.2, 0) is 19.1 Å². The molecule has 0 aromatic heterocycles. The Kier molecular flexibility index (Phi) is 4.93. The van der Waals surface area contributed by atoms with Crippen LogP contribution in [0.25, 0.3) is 6.08 Å². The molecule has 0 radical (unpaired) electrons. The predicted octanol–water partition coefficient (Wildman–Crippen LogP) is 2.50. The van der Waals surface area contributed by atoms with Crippen molar-refractivity contribution >= 4 is 29.4 Å². The van der Waals surface area contributed by atoms with E-state index in [4.69, 9.17) is 16.3 Å². The normalized spacial score (nSPS) is 23.0. The van der Waals surface area contributed by atoms with E-state index < -0.39 is 18.0 Å². The number of rotatable bonds is 3. The first-order chi connectivity index (χ1) is 9.63. The maximum absolute atomic E-state index is 11.8. The number of Topliss-reactive ketones (excluding diaryl/α,β-unsaturated/α-hetero) is 1. The summed E-state index contributed by atoms with van der Waals surface area (Å²) in [5.74, 6) is -1.62. The van der Waals surface area contributed by atoms with E-state index in [9.17, 15) is 9.59 Å². The fraction of sp³-hybridized carbons (Fsp3) is 0.333. The molecule has 0 aliphatic carbocycles. The highest BCUT2D eigenvalue weighted by Gasteiger charge is 2.37. The lowest BCUT2D eigenvalue weighted by atomic mass is 9.92. The molecule has 2 rings (SSSR count). The number of esters is 1. The minimum atomic E-state index is -0.896. The predicted molar refractivity (Wildman–Crippen MR) is 75.4 cm³/mol. The SMILES string of the molecule is COC(=O)[C@H]1C(=O)CCO[C@@H]1/C=C/c1ccccc1Cl. The topological polar surface area (TPSA) is 52.6 Å². The van der Waals surface area contributed by atoms with Gasteiger partial charge in [-0.3, -0.25) is 9.59 Å². The quantitative estimate of drug-likeness (QED) is 0.635. The zero-order valence-corrected chi connectivity index (χ0v) is 11.8. The standard InChI is InChI=1S/C15H15ClO4/c1-19-15(18)14-12(17)8-9-20-13(14)7-6-10-4-2-3-5-11(10)16/h2-7,13-14H,8-9H2,1H3/b7-6+/t13-,14+/m1/s1. The molecule has 2 atom stereocenters. The summed E-state index contributed by atoms with van der Waals surface area (Å²) in [6.07, 6.45) is 3.05. The summed E-state index contributed by atoms with van der Waals surface area (Å²) in [6, 6.07) is 7.30. The average molecular weight is 295 g/mol. The van der Waals surface area contributed by atoms with Crippen molar-refractivity contribution in [1.29, 1.82) is 0 Å². The maximum Gasteiger partial charge on any atom is 0.319 e. The molecule has 1 fully saturated rings. The zero-order chi connectivity index (χ0) is 14.5. The molecule has 1 heterocycles. The van der Waals surface area contributed by atoms with Crippen LogP contribution >= 0.6 is 11.6 Å². The van der Waals surface area contributed by atoms with Crippen LogP contribution in [0.4, 0.5) is 0 Å². The van der Waals surface area contributed by atoms with Gasteiger partial charge >= 0.3 is 5.97 Å². The van der Waals surface area contributed by atoms with Crippen molar-refractivity contribution in [2.24, 2.45) is 5.92 Å². The van der Waals surface area contributed by atoms with Crippen LogP contribution in [0.1, 0.15) is 12.0 Å². The summed E-state index contributed by atoms with van der Waals surface area (Å²) in [5.41, 5.74) is 0.805. The molecule has 0 amide bonds. The first-order valence-electron chi connectivity index (χ1n) is 6.28. The van der Waals surface area contributed by atoms with E-state index in [0.717, 1.165) is 5.56 Å². The third-order valence-electron chi connectivity index (χ3n) is 3.16. The van der Waals surface area contributed by atoms with Gasteiger partial charge in [-0.1, -0.05) is 42.0 Å². The van der Waals surface area contributed by atoms with Gasteiger partial charge in [0.15, 0.2) is 5.78 Å². The van der Waals surface area contributed by atoms with Gasteiger partial charge in [0, 0.05) is 11.4 Å². The molecular weight excluding hydrogens is 280 g/mol. The molecule has 20 heavy (non-hydrogen) atoms. The Hall–Kier alpha value is -1.65. The van der Waals surface area contributed by atoms with Crippen LogP contribution in [0.2, 0.25) is 5.02 Å². The van der Waals surface area contributed by atoms with Gasteiger partial charge in [-0.05, 0) is 11.6 Å². The van der Waals surface area contributed by atoms with Gasteiger partial charge in [0.25, 0.3) is 0 Å². The number of methoxy groups -OCH3 is 1. The van der Waals surface area contributed by atoms with Crippen molar-refractivity contribution in [3.63, 3.8) is 0 Å². The lowest BCUT2D eigenvalue weighted by molar-refractivity contribution is -0.158. The van der Waals surface area contributed by atoms with Crippen LogP contribution in [-0.4, -0.2) is 31.6 Å². The summed E-state index contributed by atoms with van der Waals surface area (Å²) in [6.45, 7) is 0.309. The Bertz CT molecular complexity index is 530. The number of hydrogen-bond acceptors (Lipinski definition) is 4. The van der Waals surface area contributed by atoms with E-state index in [2.05, 4.69) is 4.74 Å². The molecule has 1 aliphatic rings. The lowest BCUT2D eigenvalue weighted by Crippen LogP contribution is -2.41. The highest BCUT2D eigenvalue weighted by molar-refractivity contribution is 6.32. The van der Waals surface area contributed by atoms with Crippen molar-refractivity contribution in [3.8, 4) is 0 Å². The second-order valence-electron chi connectivity index (χ2n) is 4.43. The van der Waals surface area contributed by atoms with E-state index in [1.165, 1.54) is 7.11 Å². The molecule has 1 saturated heterocycles. The Balaban J connectivity index is 2.19. The molecule has 0 saturated carbocycles. The highest BCUT2D eigenvalue weighted by atomic mass is 35.5. The molecule has 1 aromatic carbocycles. The van der Waals surface area contributed by atoms with Crippen molar-refractivity contribution in [2.45, 2.75) is 12.5 Å². The summed E-state index contributed by atoms with van der Waals surface area (Å²) in [4.78, 5) is 23.5. The van der Waals surface area contributed by atoms with Crippen LogP contribution in [0, 0.1) is 5.92 Å². The Morgan fingerprint density at radius 3 is 2.90 bits per heavy atom. The first-order valence-corrected chi connectivity index (χ1v) is 6.66. The summed E-state index contributed by atoms with van der Waals surface area (Å²) < 4.78 is 10.2. The number of carbonyl (C=O) groups excluding carboxylic acids is 2. The fourth-order valence-electron chi connectivity index (χ4n) is 2.10. The van der Waals surface area contributed by atoms with Crippen LogP contribution in [0.3, 0.4) is 0 Å². The molecule has 1 aromatic rings. The lowest BCUT2D eigenvalue weighted by Gasteiger charge is -2.26. The van der Waals surface area contributed by atoms with Gasteiger partial charge < -0.3 is 9.47 Å².